The molecular weight excluding hydrogens is 322 g/mol. The first-order valence-corrected chi connectivity index (χ1v) is 7.86. The second kappa shape index (κ2) is 6.27. The molecule has 7 heteroatoms. The Hall–Kier alpha value is -3.35. The van der Waals surface area contributed by atoms with Crippen LogP contribution in [-0.4, -0.2) is 23.2 Å². The van der Waals surface area contributed by atoms with E-state index >= 15 is 0 Å². The summed E-state index contributed by atoms with van der Waals surface area (Å²) in [5.74, 6) is 1.54. The molecule has 0 aliphatic carbocycles. The van der Waals surface area contributed by atoms with E-state index in [9.17, 15) is 10.1 Å². The molecule has 0 radical (unpaired) electrons. The van der Waals surface area contributed by atoms with Crippen molar-refractivity contribution < 1.29 is 14.4 Å². The molecule has 1 aliphatic heterocycles. The standard InChI is InChI=1S/C18H15N3O4/c22-21(23)16-3-2-15(13-6-7-19-10-14(13)16)20-8-5-12-1-4-17-18(9-12)25-11-24-17/h1-4,6-7,9-10,20H,5,8,11H2. The zero-order valence-electron chi connectivity index (χ0n) is 13.3. The first-order chi connectivity index (χ1) is 12.2. The van der Waals surface area contributed by atoms with E-state index in [2.05, 4.69) is 10.3 Å². The van der Waals surface area contributed by atoms with Gasteiger partial charge in [-0.2, -0.15) is 0 Å². The van der Waals surface area contributed by atoms with E-state index in [1.54, 1.807) is 18.3 Å². The van der Waals surface area contributed by atoms with Crippen molar-refractivity contribution in [3.63, 3.8) is 0 Å². The minimum absolute atomic E-state index is 0.0596. The maximum Gasteiger partial charge on any atom is 0.278 e. The quantitative estimate of drug-likeness (QED) is 0.566. The fraction of sp³-hybridized carbons (Fsp3) is 0.167. The number of aromatic nitrogens is 1. The average Bonchev–Trinajstić information content (AvgIpc) is 3.09. The molecule has 0 atom stereocenters. The number of nitrogens with zero attached hydrogens (tertiary/aromatic N) is 2. The Labute approximate surface area is 143 Å². The van der Waals surface area contributed by atoms with Gasteiger partial charge < -0.3 is 14.8 Å². The summed E-state index contributed by atoms with van der Waals surface area (Å²) in [7, 11) is 0. The normalized spacial score (nSPS) is 12.3. The molecule has 0 unspecified atom stereocenters. The fourth-order valence-electron chi connectivity index (χ4n) is 2.93. The molecular formula is C18H15N3O4. The molecule has 0 fully saturated rings. The second-order valence-corrected chi connectivity index (χ2v) is 5.68. The van der Waals surface area contributed by atoms with E-state index in [0.717, 1.165) is 34.6 Å². The van der Waals surface area contributed by atoms with Crippen LogP contribution in [0, 0.1) is 10.1 Å². The number of ether oxygens (including phenoxy) is 2. The van der Waals surface area contributed by atoms with Gasteiger partial charge in [-0.15, -0.1) is 0 Å². The zero-order valence-corrected chi connectivity index (χ0v) is 13.3. The summed E-state index contributed by atoms with van der Waals surface area (Å²) < 4.78 is 10.7. The van der Waals surface area contributed by atoms with Gasteiger partial charge in [0.05, 0.1) is 10.3 Å². The molecule has 3 aromatic rings. The predicted molar refractivity (Wildman–Crippen MR) is 93.2 cm³/mol. The van der Waals surface area contributed by atoms with E-state index in [4.69, 9.17) is 9.47 Å². The third-order valence-electron chi connectivity index (χ3n) is 4.16. The van der Waals surface area contributed by atoms with Crippen LogP contribution in [0.1, 0.15) is 5.56 Å². The van der Waals surface area contributed by atoms with Crippen molar-refractivity contribution in [3.05, 3.63) is 64.5 Å². The molecule has 4 rings (SSSR count). The molecule has 1 aliphatic rings. The number of nitro benzene ring substituents is 1. The van der Waals surface area contributed by atoms with E-state index in [0.29, 0.717) is 11.9 Å². The number of fused-ring (bicyclic) bond motifs is 2. The summed E-state index contributed by atoms with van der Waals surface area (Å²) in [6.45, 7) is 0.953. The van der Waals surface area contributed by atoms with Crippen molar-refractivity contribution in [2.45, 2.75) is 6.42 Å². The lowest BCUT2D eigenvalue weighted by Gasteiger charge is -2.10. The summed E-state index contributed by atoms with van der Waals surface area (Å²) in [6.07, 6.45) is 3.95. The van der Waals surface area contributed by atoms with Crippen molar-refractivity contribution in [3.8, 4) is 11.5 Å². The van der Waals surface area contributed by atoms with Crippen LogP contribution in [0.5, 0.6) is 11.5 Å². The molecule has 2 heterocycles. The number of anilines is 1. The fourth-order valence-corrected chi connectivity index (χ4v) is 2.93. The molecule has 25 heavy (non-hydrogen) atoms. The van der Waals surface area contributed by atoms with Gasteiger partial charge in [0.15, 0.2) is 11.5 Å². The van der Waals surface area contributed by atoms with E-state index in [1.807, 2.05) is 18.2 Å². The van der Waals surface area contributed by atoms with Crippen LogP contribution in [0.3, 0.4) is 0 Å². The van der Waals surface area contributed by atoms with Crippen LogP contribution in [0.15, 0.2) is 48.8 Å². The lowest BCUT2D eigenvalue weighted by Crippen LogP contribution is -2.05. The van der Waals surface area contributed by atoms with Gasteiger partial charge in [-0.25, -0.2) is 0 Å². The van der Waals surface area contributed by atoms with Gasteiger partial charge in [-0.05, 0) is 36.2 Å². The highest BCUT2D eigenvalue weighted by Crippen LogP contribution is 2.33. The van der Waals surface area contributed by atoms with Crippen molar-refractivity contribution >= 4 is 22.1 Å². The Bertz CT molecular complexity index is 958. The van der Waals surface area contributed by atoms with Gasteiger partial charge in [0.1, 0.15) is 0 Å². The van der Waals surface area contributed by atoms with Crippen molar-refractivity contribution in [1.82, 2.24) is 4.98 Å². The Morgan fingerprint density at radius 2 is 2.00 bits per heavy atom. The molecule has 0 saturated carbocycles. The van der Waals surface area contributed by atoms with Gasteiger partial charge in [0.2, 0.25) is 6.79 Å². The molecule has 0 bridgehead atoms. The number of hydrogen-bond donors (Lipinski definition) is 1. The topological polar surface area (TPSA) is 86.5 Å². The Morgan fingerprint density at radius 3 is 2.88 bits per heavy atom. The van der Waals surface area contributed by atoms with Crippen molar-refractivity contribution in [1.29, 1.82) is 0 Å². The number of non-ortho nitro benzene ring substituents is 1. The second-order valence-electron chi connectivity index (χ2n) is 5.68. The molecule has 0 spiro atoms. The van der Waals surface area contributed by atoms with Crippen LogP contribution in [0.25, 0.3) is 10.8 Å². The molecule has 126 valence electrons. The van der Waals surface area contributed by atoms with Gasteiger partial charge in [-0.3, -0.25) is 15.1 Å². The highest BCUT2D eigenvalue weighted by Gasteiger charge is 2.15. The van der Waals surface area contributed by atoms with Gasteiger partial charge >= 0.3 is 0 Å². The predicted octanol–water partition coefficient (Wildman–Crippen LogP) is 3.53. The maximum atomic E-state index is 11.2. The highest BCUT2D eigenvalue weighted by molar-refractivity contribution is 5.99. The third kappa shape index (κ3) is 2.91. The molecule has 0 saturated heterocycles. The van der Waals surface area contributed by atoms with Gasteiger partial charge in [-0.1, -0.05) is 6.07 Å². The molecule has 1 aromatic heterocycles. The van der Waals surface area contributed by atoms with Crippen molar-refractivity contribution in [2.75, 3.05) is 18.7 Å². The first kappa shape index (κ1) is 15.2. The minimum Gasteiger partial charge on any atom is -0.454 e. The lowest BCUT2D eigenvalue weighted by molar-refractivity contribution is -0.383. The summed E-state index contributed by atoms with van der Waals surface area (Å²) >= 11 is 0. The van der Waals surface area contributed by atoms with Crippen LogP contribution in [0.4, 0.5) is 11.4 Å². The van der Waals surface area contributed by atoms with E-state index in [-0.39, 0.29) is 17.4 Å². The summed E-state index contributed by atoms with van der Waals surface area (Å²) in [4.78, 5) is 14.8. The lowest BCUT2D eigenvalue weighted by atomic mass is 10.1. The number of benzene rings is 2. The van der Waals surface area contributed by atoms with Crippen LogP contribution < -0.4 is 14.8 Å². The molecule has 7 nitrogen and oxygen atoms in total. The van der Waals surface area contributed by atoms with Crippen molar-refractivity contribution in [2.24, 2.45) is 0 Å². The Morgan fingerprint density at radius 1 is 1.12 bits per heavy atom. The molecule has 0 amide bonds. The van der Waals surface area contributed by atoms with Gasteiger partial charge in [0.25, 0.3) is 5.69 Å². The number of rotatable bonds is 5. The molecule has 1 N–H and O–H groups in total. The van der Waals surface area contributed by atoms with Crippen LogP contribution >= 0.6 is 0 Å². The summed E-state index contributed by atoms with van der Waals surface area (Å²) in [6, 6.07) is 10.9. The van der Waals surface area contributed by atoms with Gasteiger partial charge in [0, 0.05) is 36.1 Å². The zero-order chi connectivity index (χ0) is 17.2. The Balaban J connectivity index is 1.52. The summed E-state index contributed by atoms with van der Waals surface area (Å²) in [5, 5.41) is 15.8. The monoisotopic (exact) mass is 337 g/mol. The minimum atomic E-state index is -0.388. The SMILES string of the molecule is O=[N+]([O-])c1ccc(NCCc2ccc3c(c2)OCO3)c2ccncc12. The third-order valence-corrected chi connectivity index (χ3v) is 4.16. The average molecular weight is 337 g/mol. The smallest absolute Gasteiger partial charge is 0.278 e. The van der Waals surface area contributed by atoms with Crippen LogP contribution in [-0.2, 0) is 6.42 Å². The highest BCUT2D eigenvalue weighted by atomic mass is 16.7. The number of pyridine rings is 1. The molecule has 2 aromatic carbocycles. The Kier molecular flexibility index (Phi) is 3.81. The van der Waals surface area contributed by atoms with E-state index < -0.39 is 0 Å². The summed E-state index contributed by atoms with van der Waals surface area (Å²) in [5.41, 5.74) is 2.04. The van der Waals surface area contributed by atoms with Crippen LogP contribution in [0.2, 0.25) is 0 Å². The van der Waals surface area contributed by atoms with E-state index in [1.165, 1.54) is 12.3 Å². The maximum absolute atomic E-state index is 11.2. The number of nitro groups is 1. The number of hydrogen-bond acceptors (Lipinski definition) is 6. The first-order valence-electron chi connectivity index (χ1n) is 7.86. The largest absolute Gasteiger partial charge is 0.454 e. The number of nitrogens with one attached hydrogen (secondary N) is 1.